The molecule has 0 aromatic heterocycles. The van der Waals surface area contributed by atoms with E-state index in [1.807, 2.05) is 0 Å². The van der Waals surface area contributed by atoms with Crippen molar-refractivity contribution >= 4 is 59.0 Å². The molecule has 1 aliphatic rings. The summed E-state index contributed by atoms with van der Waals surface area (Å²) in [4.78, 5) is 0. The van der Waals surface area contributed by atoms with Gasteiger partial charge in [-0.3, -0.25) is 0 Å². The van der Waals surface area contributed by atoms with E-state index in [2.05, 4.69) is 105 Å². The van der Waals surface area contributed by atoms with Gasteiger partial charge in [0.15, 0.2) is 0 Å². The van der Waals surface area contributed by atoms with Crippen molar-refractivity contribution < 1.29 is 0 Å². The monoisotopic (exact) mass is 448 g/mol. The quantitative estimate of drug-likeness (QED) is 0.231. The minimum Gasteiger partial charge on any atom is -0.0616 e. The van der Waals surface area contributed by atoms with E-state index in [1.165, 1.54) is 49.4 Å². The van der Waals surface area contributed by atoms with Crippen LogP contribution in [0.3, 0.4) is 0 Å². The molecule has 0 atom stereocenters. The van der Waals surface area contributed by atoms with Gasteiger partial charge in [-0.15, -0.1) is 0 Å². The second-order valence-corrected chi connectivity index (χ2v) is 9.18. The summed E-state index contributed by atoms with van der Waals surface area (Å²) in [5.41, 5.74) is 6.63. The summed E-state index contributed by atoms with van der Waals surface area (Å²) in [6.07, 6.45) is 0.969. The Labute approximate surface area is 163 Å². The minimum atomic E-state index is 0.969. The van der Waals surface area contributed by atoms with Gasteiger partial charge in [0.2, 0.25) is 0 Å². The van der Waals surface area contributed by atoms with E-state index in [4.69, 9.17) is 0 Å². The van der Waals surface area contributed by atoms with E-state index >= 15 is 0 Å². The van der Waals surface area contributed by atoms with Crippen LogP contribution in [0, 0.1) is 0 Å². The molecule has 0 unspecified atom stereocenters. The molecule has 0 amide bonds. The van der Waals surface area contributed by atoms with E-state index in [-0.39, 0.29) is 0 Å². The summed E-state index contributed by atoms with van der Waals surface area (Å²) in [6.45, 7) is 0. The van der Waals surface area contributed by atoms with E-state index in [1.54, 1.807) is 0 Å². The Kier molecular flexibility index (Phi) is 3.58. The molecule has 0 aliphatic heterocycles. The van der Waals surface area contributed by atoms with Crippen LogP contribution >= 0.6 is 31.9 Å². The van der Waals surface area contributed by atoms with E-state index in [0.29, 0.717) is 0 Å². The standard InChI is InChI=1S/C23H14Br2/c24-23(25)22-20-12-16-7-3-1-5-14(16)9-18(20)11-19-10-15-6-2-4-8-17(15)13-21(19)22/h1-10,12-13H,11H2. The van der Waals surface area contributed by atoms with Crippen LogP contribution in [0.1, 0.15) is 22.3 Å². The van der Waals surface area contributed by atoms with Gasteiger partial charge in [-0.05, 0) is 94.2 Å². The van der Waals surface area contributed by atoms with Crippen LogP contribution in [0.15, 0.2) is 76.2 Å². The molecule has 0 saturated heterocycles. The van der Waals surface area contributed by atoms with Crippen molar-refractivity contribution in [3.05, 3.63) is 98.4 Å². The maximum absolute atomic E-state index is 3.70. The van der Waals surface area contributed by atoms with Gasteiger partial charge in [-0.2, -0.15) is 0 Å². The molecule has 0 nitrogen and oxygen atoms in total. The van der Waals surface area contributed by atoms with Gasteiger partial charge >= 0.3 is 0 Å². The number of rotatable bonds is 0. The fraction of sp³-hybridized carbons (Fsp3) is 0.0435. The average molecular weight is 450 g/mol. The Bertz CT molecular complexity index is 1090. The van der Waals surface area contributed by atoms with Crippen molar-refractivity contribution in [1.82, 2.24) is 0 Å². The average Bonchev–Trinajstić information content (AvgIpc) is 2.62. The highest BCUT2D eigenvalue weighted by Crippen LogP contribution is 2.43. The van der Waals surface area contributed by atoms with Gasteiger partial charge in [0, 0.05) is 5.57 Å². The van der Waals surface area contributed by atoms with Crippen LogP contribution in [0.25, 0.3) is 27.1 Å². The number of hydrogen-bond acceptors (Lipinski definition) is 0. The Morgan fingerprint density at radius 1 is 0.600 bits per heavy atom. The fourth-order valence-electron chi connectivity index (χ4n) is 3.89. The zero-order valence-electron chi connectivity index (χ0n) is 13.4. The summed E-state index contributed by atoms with van der Waals surface area (Å²) in [5.74, 6) is 0. The lowest BCUT2D eigenvalue weighted by atomic mass is 9.80. The lowest BCUT2D eigenvalue weighted by Crippen LogP contribution is -2.07. The maximum Gasteiger partial charge on any atom is 0.0688 e. The first kappa shape index (κ1) is 15.4. The summed E-state index contributed by atoms with van der Waals surface area (Å²) in [5, 5.41) is 5.17. The van der Waals surface area contributed by atoms with E-state index in [9.17, 15) is 0 Å². The molecule has 0 bridgehead atoms. The highest BCUT2D eigenvalue weighted by atomic mass is 79.9. The molecule has 0 fully saturated rings. The summed E-state index contributed by atoms with van der Waals surface area (Å²) in [6, 6.07) is 26.5. The highest BCUT2D eigenvalue weighted by molar-refractivity contribution is 9.28. The largest absolute Gasteiger partial charge is 0.0688 e. The Morgan fingerprint density at radius 2 is 1.00 bits per heavy atom. The summed E-state index contributed by atoms with van der Waals surface area (Å²) < 4.78 is 1.01. The summed E-state index contributed by atoms with van der Waals surface area (Å²) in [7, 11) is 0. The van der Waals surface area contributed by atoms with Gasteiger partial charge in [0.25, 0.3) is 0 Å². The second kappa shape index (κ2) is 5.82. The molecule has 0 radical (unpaired) electrons. The highest BCUT2D eigenvalue weighted by Gasteiger charge is 2.23. The van der Waals surface area contributed by atoms with Gasteiger partial charge in [-0.25, -0.2) is 0 Å². The van der Waals surface area contributed by atoms with Crippen LogP contribution in [-0.2, 0) is 6.42 Å². The molecule has 25 heavy (non-hydrogen) atoms. The maximum atomic E-state index is 3.70. The van der Waals surface area contributed by atoms with Gasteiger partial charge in [-0.1, -0.05) is 60.7 Å². The third-order valence-electron chi connectivity index (χ3n) is 5.05. The predicted octanol–water partition coefficient (Wildman–Crippen LogP) is 7.40. The van der Waals surface area contributed by atoms with Crippen LogP contribution in [0.2, 0.25) is 0 Å². The van der Waals surface area contributed by atoms with Crippen LogP contribution in [0.4, 0.5) is 0 Å². The number of benzene rings is 4. The molecular weight excluding hydrogens is 436 g/mol. The molecule has 2 heteroatoms. The van der Waals surface area contributed by atoms with E-state index in [0.717, 1.165) is 9.81 Å². The molecule has 0 spiro atoms. The molecule has 0 saturated carbocycles. The zero-order valence-corrected chi connectivity index (χ0v) is 16.6. The Hall–Kier alpha value is -1.90. The topological polar surface area (TPSA) is 0 Å². The number of hydrogen-bond donors (Lipinski definition) is 0. The van der Waals surface area contributed by atoms with Crippen LogP contribution in [0.5, 0.6) is 0 Å². The van der Waals surface area contributed by atoms with Crippen molar-refractivity contribution in [2.24, 2.45) is 0 Å². The first-order valence-corrected chi connectivity index (χ1v) is 9.89. The van der Waals surface area contributed by atoms with Crippen molar-refractivity contribution in [3.8, 4) is 0 Å². The summed E-state index contributed by atoms with van der Waals surface area (Å²) >= 11 is 7.40. The molecular formula is C23H14Br2. The third kappa shape index (κ3) is 2.47. The van der Waals surface area contributed by atoms with Crippen molar-refractivity contribution in [2.75, 3.05) is 0 Å². The smallest absolute Gasteiger partial charge is 0.0616 e. The first-order chi connectivity index (χ1) is 12.2. The van der Waals surface area contributed by atoms with Crippen molar-refractivity contribution in [2.45, 2.75) is 6.42 Å². The van der Waals surface area contributed by atoms with E-state index < -0.39 is 0 Å². The predicted molar refractivity (Wildman–Crippen MR) is 115 cm³/mol. The molecule has 1 aliphatic carbocycles. The normalized spacial score (nSPS) is 13.0. The van der Waals surface area contributed by atoms with Crippen LogP contribution in [-0.4, -0.2) is 0 Å². The molecule has 4 aromatic carbocycles. The lowest BCUT2D eigenvalue weighted by Gasteiger charge is -2.24. The SMILES string of the molecule is BrC(Br)=C1c2cc3ccccc3cc2Cc2cc3ccccc3cc21. The molecule has 5 rings (SSSR count). The third-order valence-corrected chi connectivity index (χ3v) is 5.84. The van der Waals surface area contributed by atoms with Gasteiger partial charge in [0.1, 0.15) is 0 Å². The Balaban J connectivity index is 1.85. The molecule has 4 aromatic rings. The lowest BCUT2D eigenvalue weighted by molar-refractivity contribution is 1.15. The van der Waals surface area contributed by atoms with Crippen molar-refractivity contribution in [3.63, 3.8) is 0 Å². The Morgan fingerprint density at radius 3 is 1.40 bits per heavy atom. The molecule has 0 heterocycles. The first-order valence-electron chi connectivity index (χ1n) is 8.30. The van der Waals surface area contributed by atoms with Gasteiger partial charge < -0.3 is 0 Å². The minimum absolute atomic E-state index is 0.969. The zero-order chi connectivity index (χ0) is 17.0. The number of halogens is 2. The van der Waals surface area contributed by atoms with Crippen LogP contribution < -0.4 is 0 Å². The second-order valence-electron chi connectivity index (χ2n) is 6.53. The fourth-order valence-corrected chi connectivity index (χ4v) is 4.74. The van der Waals surface area contributed by atoms with Crippen molar-refractivity contribution in [1.29, 1.82) is 0 Å². The molecule has 0 N–H and O–H groups in total. The van der Waals surface area contributed by atoms with Gasteiger partial charge in [0.05, 0.1) is 3.39 Å². The molecule has 120 valence electrons. The number of fused-ring (bicyclic) bond motifs is 4.